The standard InChI is InChI=1S/C25H23FN4O2/c1-15-5-4-6-18(13-15)25(32)28-24-21(31)14-20-22(16(2)29-30(20)12-11-27-3)23(24)17-7-9-19(26)10-8-17/h4-10,13,23-24H,11-12,14H2,1-2H3,(H,28,32)/t23-,24+/m0/s1. The Labute approximate surface area is 185 Å². The number of benzene rings is 2. The second-order valence-corrected chi connectivity index (χ2v) is 8.04. The number of aryl methyl sites for hydroxylation is 2. The van der Waals surface area contributed by atoms with Crippen molar-refractivity contribution in [3.05, 3.63) is 99.4 Å². The van der Waals surface area contributed by atoms with Crippen molar-refractivity contribution < 1.29 is 14.0 Å². The van der Waals surface area contributed by atoms with E-state index in [0.29, 0.717) is 12.1 Å². The smallest absolute Gasteiger partial charge is 0.251 e. The largest absolute Gasteiger partial charge is 0.341 e. The predicted octanol–water partition coefficient (Wildman–Crippen LogP) is 3.61. The van der Waals surface area contributed by atoms with Gasteiger partial charge in [-0.1, -0.05) is 29.8 Å². The lowest BCUT2D eigenvalue weighted by Crippen LogP contribution is -2.48. The molecule has 3 aromatic rings. The number of hydrogen-bond acceptors (Lipinski definition) is 3. The van der Waals surface area contributed by atoms with Gasteiger partial charge in [-0.15, -0.1) is 0 Å². The molecule has 1 aliphatic carbocycles. The molecule has 7 heteroatoms. The number of nitrogens with zero attached hydrogens (tertiary/aromatic N) is 3. The fourth-order valence-corrected chi connectivity index (χ4v) is 4.40. The van der Waals surface area contributed by atoms with E-state index in [1.54, 1.807) is 35.0 Å². The Bertz CT molecular complexity index is 1220. The van der Waals surface area contributed by atoms with Gasteiger partial charge in [0.1, 0.15) is 12.4 Å². The van der Waals surface area contributed by atoms with Gasteiger partial charge in [0.15, 0.2) is 5.78 Å². The highest BCUT2D eigenvalue weighted by Gasteiger charge is 2.41. The average molecular weight is 430 g/mol. The first kappa shape index (κ1) is 21.4. The summed E-state index contributed by atoms with van der Waals surface area (Å²) in [6.45, 7) is 11.5. The van der Waals surface area contributed by atoms with Gasteiger partial charge in [0.25, 0.3) is 5.91 Å². The number of Topliss-reactive ketones (excluding diaryl/α,β-unsaturated/α-hetero) is 1. The molecular weight excluding hydrogens is 407 g/mol. The van der Waals surface area contributed by atoms with Crippen molar-refractivity contribution in [2.24, 2.45) is 0 Å². The molecule has 6 nitrogen and oxygen atoms in total. The van der Waals surface area contributed by atoms with Crippen LogP contribution in [0.4, 0.5) is 4.39 Å². The Morgan fingerprint density at radius 1 is 1.25 bits per heavy atom. The number of aromatic nitrogens is 2. The summed E-state index contributed by atoms with van der Waals surface area (Å²) >= 11 is 0. The Kier molecular flexibility index (Phi) is 5.87. The van der Waals surface area contributed by atoms with Crippen molar-refractivity contribution in [3.8, 4) is 0 Å². The SMILES string of the molecule is [C-]#[N+]CCn1nc(C)c2c1CC(=O)[C@@H](NC(=O)c1cccc(C)c1)[C@H]2c1ccc(F)cc1. The second-order valence-electron chi connectivity index (χ2n) is 8.04. The molecule has 1 heterocycles. The molecular formula is C25H23FN4O2. The highest BCUT2D eigenvalue weighted by molar-refractivity contribution is 5.99. The summed E-state index contributed by atoms with van der Waals surface area (Å²) < 4.78 is 15.4. The lowest BCUT2D eigenvalue weighted by atomic mass is 9.76. The molecule has 0 radical (unpaired) electrons. The Morgan fingerprint density at radius 2 is 2.00 bits per heavy atom. The van der Waals surface area contributed by atoms with Crippen LogP contribution in [0, 0.1) is 26.2 Å². The minimum absolute atomic E-state index is 0.116. The minimum atomic E-state index is -0.807. The van der Waals surface area contributed by atoms with Gasteiger partial charge in [-0.3, -0.25) is 14.3 Å². The Balaban J connectivity index is 1.78. The van der Waals surface area contributed by atoms with Crippen LogP contribution in [0.25, 0.3) is 4.85 Å². The molecule has 0 saturated carbocycles. The van der Waals surface area contributed by atoms with Crippen LogP contribution < -0.4 is 5.32 Å². The van der Waals surface area contributed by atoms with E-state index in [9.17, 15) is 14.0 Å². The van der Waals surface area contributed by atoms with E-state index in [1.165, 1.54) is 12.1 Å². The van der Waals surface area contributed by atoms with Crippen LogP contribution in [0.3, 0.4) is 0 Å². The first-order chi connectivity index (χ1) is 15.4. The number of amides is 1. The van der Waals surface area contributed by atoms with Crippen LogP contribution in [-0.2, 0) is 17.8 Å². The highest BCUT2D eigenvalue weighted by atomic mass is 19.1. The van der Waals surface area contributed by atoms with Crippen molar-refractivity contribution in [2.75, 3.05) is 6.54 Å². The molecule has 2 aromatic carbocycles. The van der Waals surface area contributed by atoms with E-state index in [-0.39, 0.29) is 30.5 Å². The molecule has 162 valence electrons. The van der Waals surface area contributed by atoms with Gasteiger partial charge in [-0.05, 0) is 43.7 Å². The third-order valence-corrected chi connectivity index (χ3v) is 5.84. The maximum absolute atomic E-state index is 13.6. The Hall–Kier alpha value is -3.79. The third-order valence-electron chi connectivity index (χ3n) is 5.84. The van der Waals surface area contributed by atoms with E-state index in [1.807, 2.05) is 19.9 Å². The van der Waals surface area contributed by atoms with Gasteiger partial charge >= 0.3 is 0 Å². The van der Waals surface area contributed by atoms with Crippen LogP contribution in [0.15, 0.2) is 48.5 Å². The number of halogens is 1. The zero-order valence-electron chi connectivity index (χ0n) is 17.9. The molecule has 0 aliphatic heterocycles. The summed E-state index contributed by atoms with van der Waals surface area (Å²) in [6, 6.07) is 12.4. The van der Waals surface area contributed by atoms with E-state index in [0.717, 1.165) is 28.1 Å². The molecule has 0 fully saturated rings. The summed E-state index contributed by atoms with van der Waals surface area (Å²) in [5.74, 6) is -1.35. The summed E-state index contributed by atoms with van der Waals surface area (Å²) in [6.07, 6.45) is 0.116. The number of rotatable bonds is 5. The summed E-state index contributed by atoms with van der Waals surface area (Å²) in [4.78, 5) is 29.7. The minimum Gasteiger partial charge on any atom is -0.341 e. The van der Waals surface area contributed by atoms with E-state index in [2.05, 4.69) is 15.3 Å². The monoisotopic (exact) mass is 430 g/mol. The zero-order valence-corrected chi connectivity index (χ0v) is 17.9. The number of carbonyl (C=O) groups is 2. The van der Waals surface area contributed by atoms with Crippen molar-refractivity contribution in [3.63, 3.8) is 0 Å². The molecule has 0 unspecified atom stereocenters. The predicted molar refractivity (Wildman–Crippen MR) is 118 cm³/mol. The lowest BCUT2D eigenvalue weighted by Gasteiger charge is -2.32. The number of fused-ring (bicyclic) bond motifs is 1. The van der Waals surface area contributed by atoms with Gasteiger partial charge in [0, 0.05) is 17.0 Å². The zero-order chi connectivity index (χ0) is 22.8. The average Bonchev–Trinajstić information content (AvgIpc) is 3.08. The number of hydrogen-bond donors (Lipinski definition) is 1. The molecule has 2 atom stereocenters. The van der Waals surface area contributed by atoms with Crippen molar-refractivity contribution in [1.29, 1.82) is 0 Å². The topological polar surface area (TPSA) is 68.3 Å². The van der Waals surface area contributed by atoms with Gasteiger partial charge in [-0.2, -0.15) is 5.10 Å². The summed E-state index contributed by atoms with van der Waals surface area (Å²) in [5.41, 5.74) is 4.50. The molecule has 0 spiro atoms. The molecule has 1 amide bonds. The first-order valence-corrected chi connectivity index (χ1v) is 10.4. The first-order valence-electron chi connectivity index (χ1n) is 10.4. The van der Waals surface area contributed by atoms with E-state index >= 15 is 0 Å². The molecule has 32 heavy (non-hydrogen) atoms. The van der Waals surface area contributed by atoms with Crippen LogP contribution in [0.2, 0.25) is 0 Å². The van der Waals surface area contributed by atoms with Crippen molar-refractivity contribution in [1.82, 2.24) is 15.1 Å². The lowest BCUT2D eigenvalue weighted by molar-refractivity contribution is -0.121. The van der Waals surface area contributed by atoms with Crippen LogP contribution in [0.5, 0.6) is 0 Å². The molecule has 1 aliphatic rings. The highest BCUT2D eigenvalue weighted by Crippen LogP contribution is 2.38. The normalized spacial score (nSPS) is 17.5. The van der Waals surface area contributed by atoms with Crippen molar-refractivity contribution in [2.45, 2.75) is 38.8 Å². The van der Waals surface area contributed by atoms with Gasteiger partial charge in [-0.25, -0.2) is 11.0 Å². The molecule has 0 bridgehead atoms. The Morgan fingerprint density at radius 3 is 2.69 bits per heavy atom. The van der Waals surface area contributed by atoms with E-state index < -0.39 is 12.0 Å². The maximum Gasteiger partial charge on any atom is 0.251 e. The maximum atomic E-state index is 13.6. The van der Waals surface area contributed by atoms with Crippen LogP contribution in [0.1, 0.15) is 44.4 Å². The van der Waals surface area contributed by atoms with Gasteiger partial charge in [0.2, 0.25) is 6.54 Å². The number of carbonyl (C=O) groups excluding carboxylic acids is 2. The van der Waals surface area contributed by atoms with Crippen LogP contribution in [-0.4, -0.2) is 34.1 Å². The van der Waals surface area contributed by atoms with Gasteiger partial charge < -0.3 is 10.2 Å². The third kappa shape index (κ3) is 4.04. The molecule has 4 rings (SSSR count). The number of nitrogens with one attached hydrogen (secondary N) is 1. The van der Waals surface area contributed by atoms with Gasteiger partial charge in [0.05, 0.1) is 23.9 Å². The van der Waals surface area contributed by atoms with Crippen molar-refractivity contribution >= 4 is 11.7 Å². The second kappa shape index (κ2) is 8.75. The fourth-order valence-electron chi connectivity index (χ4n) is 4.40. The molecule has 0 saturated heterocycles. The quantitative estimate of drug-likeness (QED) is 0.629. The molecule has 1 N–H and O–H groups in total. The molecule has 1 aromatic heterocycles. The van der Waals surface area contributed by atoms with E-state index in [4.69, 9.17) is 6.57 Å². The fraction of sp³-hybridized carbons (Fsp3) is 0.280. The summed E-state index contributed by atoms with van der Waals surface area (Å²) in [7, 11) is 0. The number of ketones is 1. The summed E-state index contributed by atoms with van der Waals surface area (Å²) in [5, 5.41) is 7.50. The van der Waals surface area contributed by atoms with Crippen LogP contribution >= 0.6 is 0 Å².